The summed E-state index contributed by atoms with van der Waals surface area (Å²) >= 11 is 1.32. The molecule has 0 spiro atoms. The first kappa shape index (κ1) is 21.7. The Balaban J connectivity index is 0.00000288. The van der Waals surface area contributed by atoms with Gasteiger partial charge in [0.15, 0.2) is 0 Å². The van der Waals surface area contributed by atoms with Crippen molar-refractivity contribution >= 4 is 23.0 Å². The molecule has 138 valence electrons. The van der Waals surface area contributed by atoms with Gasteiger partial charge < -0.3 is 9.15 Å². The molecular formula is C18H22NO3SYb-. The topological polar surface area (TPSA) is 51.8 Å². The van der Waals surface area contributed by atoms with Gasteiger partial charge in [0.05, 0.1) is 18.7 Å². The molecule has 0 saturated heterocycles. The fraction of sp³-hybridized carbons (Fsp3) is 0.444. The Hall–Kier alpha value is -0.361. The van der Waals surface area contributed by atoms with E-state index in [0.717, 1.165) is 24.1 Å². The van der Waals surface area contributed by atoms with Gasteiger partial charge in [0.1, 0.15) is 4.87 Å². The number of esters is 1. The van der Waals surface area contributed by atoms with E-state index in [4.69, 9.17) is 9.15 Å². The molecule has 24 heavy (non-hydrogen) atoms. The number of benzene rings is 1. The number of ether oxygens (including phenoxy) is 1. The molecule has 0 saturated carbocycles. The molecule has 1 atom stereocenters. The van der Waals surface area contributed by atoms with Crippen LogP contribution in [0, 0.1) is 65.1 Å². The normalized spacial score (nSPS) is 12.5. The van der Waals surface area contributed by atoms with E-state index in [0.29, 0.717) is 23.2 Å². The molecule has 0 aliphatic rings. The fourth-order valence-electron chi connectivity index (χ4n) is 2.22. The van der Waals surface area contributed by atoms with Gasteiger partial charge in [-0.25, -0.2) is 0 Å². The van der Waals surface area contributed by atoms with Crippen LogP contribution in [0.4, 0.5) is 5.69 Å². The Morgan fingerprint density at radius 3 is 2.83 bits per heavy atom. The Bertz CT molecular complexity index is 708. The van der Waals surface area contributed by atoms with Crippen molar-refractivity contribution in [2.24, 2.45) is 10.9 Å². The van der Waals surface area contributed by atoms with Crippen molar-refractivity contribution in [1.29, 1.82) is 0 Å². The van der Waals surface area contributed by atoms with Gasteiger partial charge in [0, 0.05) is 46.9 Å². The first-order valence-electron chi connectivity index (χ1n) is 7.85. The number of hydrogen-bond acceptors (Lipinski definition) is 5. The van der Waals surface area contributed by atoms with Crippen LogP contribution in [0.3, 0.4) is 0 Å². The minimum atomic E-state index is -0.221. The van der Waals surface area contributed by atoms with E-state index in [1.54, 1.807) is 0 Å². The Morgan fingerprint density at radius 1 is 1.42 bits per heavy atom. The second-order valence-corrected chi connectivity index (χ2v) is 6.38. The van der Waals surface area contributed by atoms with Gasteiger partial charge in [-0.05, 0) is 36.7 Å². The van der Waals surface area contributed by atoms with Crippen LogP contribution in [0.5, 0.6) is 0 Å². The van der Waals surface area contributed by atoms with Crippen molar-refractivity contribution in [2.45, 2.75) is 40.0 Å². The van der Waals surface area contributed by atoms with Crippen LogP contribution in [-0.4, -0.2) is 12.6 Å². The van der Waals surface area contributed by atoms with Gasteiger partial charge in [-0.2, -0.15) is 0 Å². The van der Waals surface area contributed by atoms with Crippen LogP contribution < -0.4 is 4.87 Å². The zero-order valence-corrected chi connectivity index (χ0v) is 16.6. The first-order chi connectivity index (χ1) is 11.1. The van der Waals surface area contributed by atoms with E-state index in [2.05, 4.69) is 24.2 Å². The van der Waals surface area contributed by atoms with Crippen molar-refractivity contribution < 1.29 is 60.9 Å². The van der Waals surface area contributed by atoms with Crippen LogP contribution in [0.25, 0.3) is 0 Å². The van der Waals surface area contributed by atoms with Crippen molar-refractivity contribution in [3.05, 3.63) is 45.8 Å². The predicted molar refractivity (Wildman–Crippen MR) is 90.6 cm³/mol. The van der Waals surface area contributed by atoms with Gasteiger partial charge in [0.25, 0.3) is 0 Å². The number of para-hydroxylation sites is 1. The van der Waals surface area contributed by atoms with Crippen LogP contribution in [0.1, 0.15) is 38.0 Å². The van der Waals surface area contributed by atoms with Crippen LogP contribution >= 0.6 is 11.3 Å². The maximum atomic E-state index is 12.0. The smallest absolute Gasteiger partial charge is 0.310 e. The van der Waals surface area contributed by atoms with Gasteiger partial charge >= 0.3 is 5.97 Å². The maximum absolute atomic E-state index is 12.0. The molecule has 0 aliphatic carbocycles. The second-order valence-electron chi connectivity index (χ2n) is 5.62. The molecule has 6 heteroatoms. The number of rotatable bonds is 7. The van der Waals surface area contributed by atoms with Crippen LogP contribution in [0.2, 0.25) is 0 Å². The number of carbonyl (C=O) groups excluding carboxylic acids is 1. The molecule has 1 aromatic carbocycles. The van der Waals surface area contributed by atoms with E-state index in [9.17, 15) is 4.79 Å². The van der Waals surface area contributed by atoms with Crippen LogP contribution in [0.15, 0.2) is 33.7 Å². The van der Waals surface area contributed by atoms with Crippen LogP contribution in [-0.2, 0) is 16.0 Å². The van der Waals surface area contributed by atoms with Crippen molar-refractivity contribution in [2.75, 3.05) is 6.61 Å². The van der Waals surface area contributed by atoms with Crippen molar-refractivity contribution in [3.8, 4) is 0 Å². The molecule has 4 nitrogen and oxygen atoms in total. The molecule has 0 fully saturated rings. The summed E-state index contributed by atoms with van der Waals surface area (Å²) in [5.74, 6) is 0.879. The largest absolute Gasteiger partial charge is 0.539 e. The summed E-state index contributed by atoms with van der Waals surface area (Å²) in [4.78, 5) is 17.0. The summed E-state index contributed by atoms with van der Waals surface area (Å²) < 4.78 is 10.8. The Kier molecular flexibility index (Phi) is 10.2. The minimum absolute atomic E-state index is 0. The van der Waals surface area contributed by atoms with E-state index in [1.807, 2.05) is 31.2 Å². The van der Waals surface area contributed by atoms with E-state index >= 15 is 0 Å². The second kappa shape index (κ2) is 11.3. The third-order valence-corrected chi connectivity index (χ3v) is 4.11. The standard InChI is InChI=1S/C18H22NO3S.Yb/c1-4-7-13(2)11-21-17(20)10-15-8-5-6-9-16(15)19-18-22-14(3)12-23-18;/h5-6,8-9,13H,4,7,10-11H2,1-3H3;/q-1;. The first-order valence-corrected chi connectivity index (χ1v) is 8.66. The summed E-state index contributed by atoms with van der Waals surface area (Å²) in [6.45, 7) is 6.53. The molecule has 1 aromatic heterocycles. The summed E-state index contributed by atoms with van der Waals surface area (Å²) in [6, 6.07) is 7.54. The average molecular weight is 505 g/mol. The molecule has 2 rings (SSSR count). The molecule has 0 aliphatic heterocycles. The quantitative estimate of drug-likeness (QED) is 0.419. The molecular weight excluding hydrogens is 483 g/mol. The average Bonchev–Trinajstić information content (AvgIpc) is 2.93. The third-order valence-electron chi connectivity index (χ3n) is 3.37. The van der Waals surface area contributed by atoms with Gasteiger partial charge in [-0.1, -0.05) is 38.5 Å². The summed E-state index contributed by atoms with van der Waals surface area (Å²) in [7, 11) is 0. The van der Waals surface area contributed by atoms with E-state index in [-0.39, 0.29) is 59.3 Å². The summed E-state index contributed by atoms with van der Waals surface area (Å²) in [5.41, 5.74) is 1.56. The number of nitrogens with zero attached hydrogens (tertiary/aromatic N) is 1. The zero-order valence-electron chi connectivity index (χ0n) is 14.1. The molecule has 0 amide bonds. The molecule has 1 heterocycles. The predicted octanol–water partition coefficient (Wildman–Crippen LogP) is 4.20. The van der Waals surface area contributed by atoms with Crippen molar-refractivity contribution in [1.82, 2.24) is 0 Å². The fourth-order valence-corrected chi connectivity index (χ4v) is 2.80. The molecule has 0 radical (unpaired) electrons. The zero-order chi connectivity index (χ0) is 16.7. The Labute approximate surface area is 185 Å². The van der Waals surface area contributed by atoms with Gasteiger partial charge in [0.2, 0.25) is 0 Å². The SMILES string of the molecule is CCCC(C)COC(=O)Cc1ccccc1N=c1oc(C)[c-]s1.[Yb]. The van der Waals surface area contributed by atoms with E-state index < -0.39 is 0 Å². The molecule has 1 unspecified atom stereocenters. The monoisotopic (exact) mass is 506 g/mol. The maximum Gasteiger partial charge on any atom is 0.310 e. The third kappa shape index (κ3) is 7.26. The number of aryl methyl sites for hydroxylation is 1. The van der Waals surface area contributed by atoms with Crippen molar-refractivity contribution in [3.63, 3.8) is 0 Å². The van der Waals surface area contributed by atoms with Gasteiger partial charge in [-0.15, -0.1) is 5.38 Å². The Morgan fingerprint density at radius 2 is 2.17 bits per heavy atom. The molecule has 2 aromatic rings. The minimum Gasteiger partial charge on any atom is -0.539 e. The number of carbonyl (C=O) groups is 1. The summed E-state index contributed by atoms with van der Waals surface area (Å²) in [5, 5.41) is 2.98. The summed E-state index contributed by atoms with van der Waals surface area (Å²) in [6.07, 6.45) is 2.38. The van der Waals surface area contributed by atoms with E-state index in [1.165, 1.54) is 11.3 Å². The molecule has 0 N–H and O–H groups in total. The molecule has 0 bridgehead atoms. The number of hydrogen-bond donors (Lipinski definition) is 0. The van der Waals surface area contributed by atoms with Gasteiger partial charge in [-0.3, -0.25) is 21.1 Å².